The quantitative estimate of drug-likeness (QED) is 0.840. The van der Waals surface area contributed by atoms with Crippen LogP contribution in [-0.2, 0) is 22.4 Å². The number of thiophene rings is 1. The summed E-state index contributed by atoms with van der Waals surface area (Å²) in [5.41, 5.74) is 1.67. The van der Waals surface area contributed by atoms with Gasteiger partial charge in [0, 0.05) is 4.88 Å². The molecule has 110 valence electrons. The Hall–Kier alpha value is -1.87. The number of hydrogen-bond donors (Lipinski definition) is 2. The number of anilines is 1. The first-order valence-electron chi connectivity index (χ1n) is 7.20. The lowest BCUT2D eigenvalue weighted by Gasteiger charge is -2.03. The van der Waals surface area contributed by atoms with Gasteiger partial charge in [-0.25, -0.2) is 0 Å². The van der Waals surface area contributed by atoms with Gasteiger partial charge in [0.25, 0.3) is 0 Å². The normalized spacial score (nSPS) is 23.6. The number of carboxylic acids is 1. The summed E-state index contributed by atoms with van der Waals surface area (Å²) in [5, 5.41) is 21.6. The third-order valence-corrected chi connectivity index (χ3v) is 5.42. The number of hydrogen-bond acceptors (Lipinski definition) is 4. The minimum Gasteiger partial charge on any atom is -0.481 e. The van der Waals surface area contributed by atoms with Crippen LogP contribution in [0.15, 0.2) is 0 Å². The molecule has 1 amide bonds. The van der Waals surface area contributed by atoms with E-state index in [1.54, 1.807) is 0 Å². The van der Waals surface area contributed by atoms with Gasteiger partial charge in [-0.1, -0.05) is 6.42 Å². The predicted molar refractivity (Wildman–Crippen MR) is 78.2 cm³/mol. The van der Waals surface area contributed by atoms with Crippen molar-refractivity contribution >= 4 is 28.2 Å². The number of nitrogens with zero attached hydrogens (tertiary/aromatic N) is 1. The summed E-state index contributed by atoms with van der Waals surface area (Å²) in [6.07, 6.45) is 5.63. The molecule has 1 saturated carbocycles. The molecule has 1 fully saturated rings. The summed E-state index contributed by atoms with van der Waals surface area (Å²) in [4.78, 5) is 24.1. The first-order valence-corrected chi connectivity index (χ1v) is 8.01. The Bertz CT molecular complexity index is 644. The molecule has 1 aromatic rings. The molecule has 1 heterocycles. The van der Waals surface area contributed by atoms with Gasteiger partial charge < -0.3 is 10.4 Å². The molecule has 3 rings (SSSR count). The summed E-state index contributed by atoms with van der Waals surface area (Å²) >= 11 is 1.48. The Labute approximate surface area is 126 Å². The first-order chi connectivity index (χ1) is 10.1. The highest BCUT2D eigenvalue weighted by Crippen LogP contribution is 2.42. The van der Waals surface area contributed by atoms with Gasteiger partial charge in [0.15, 0.2) is 0 Å². The number of nitrogens with one attached hydrogen (secondary N) is 1. The Kier molecular flexibility index (Phi) is 3.68. The second kappa shape index (κ2) is 5.49. The SMILES string of the molecule is N#Cc1c(NC(=O)C2CC2C(=O)O)sc2c1CCCCC2. The molecule has 5 nitrogen and oxygen atoms in total. The van der Waals surface area contributed by atoms with Gasteiger partial charge in [-0.15, -0.1) is 11.3 Å². The van der Waals surface area contributed by atoms with Gasteiger partial charge >= 0.3 is 5.97 Å². The van der Waals surface area contributed by atoms with Crippen LogP contribution in [-0.4, -0.2) is 17.0 Å². The third kappa shape index (κ3) is 2.66. The van der Waals surface area contributed by atoms with Crippen LogP contribution in [0.25, 0.3) is 0 Å². The van der Waals surface area contributed by atoms with E-state index in [0.29, 0.717) is 17.0 Å². The van der Waals surface area contributed by atoms with E-state index < -0.39 is 17.8 Å². The van der Waals surface area contributed by atoms with Crippen LogP contribution in [0.3, 0.4) is 0 Å². The van der Waals surface area contributed by atoms with E-state index in [1.807, 2.05) is 0 Å². The molecule has 0 saturated heterocycles. The first kappa shape index (κ1) is 14.1. The van der Waals surface area contributed by atoms with Crippen molar-refractivity contribution in [1.29, 1.82) is 5.26 Å². The average Bonchev–Trinajstić information content (AvgIpc) is 3.21. The fourth-order valence-electron chi connectivity index (χ4n) is 2.91. The molecule has 2 unspecified atom stereocenters. The van der Waals surface area contributed by atoms with Crippen molar-refractivity contribution in [3.05, 3.63) is 16.0 Å². The molecule has 1 aromatic heterocycles. The largest absolute Gasteiger partial charge is 0.481 e. The van der Waals surface area contributed by atoms with Gasteiger partial charge in [0.2, 0.25) is 5.91 Å². The maximum atomic E-state index is 12.1. The molecule has 2 aliphatic rings. The van der Waals surface area contributed by atoms with E-state index in [-0.39, 0.29) is 5.91 Å². The summed E-state index contributed by atoms with van der Waals surface area (Å²) in [6.45, 7) is 0. The third-order valence-electron chi connectivity index (χ3n) is 4.21. The second-order valence-corrected chi connectivity index (χ2v) is 6.76. The molecule has 2 N–H and O–H groups in total. The topological polar surface area (TPSA) is 90.2 Å². The molecule has 0 radical (unpaired) electrons. The zero-order valence-electron chi connectivity index (χ0n) is 11.5. The van der Waals surface area contributed by atoms with Crippen molar-refractivity contribution in [3.8, 4) is 6.07 Å². The minimum absolute atomic E-state index is 0.268. The van der Waals surface area contributed by atoms with Crippen LogP contribution in [0, 0.1) is 23.2 Å². The van der Waals surface area contributed by atoms with Gasteiger partial charge in [-0.3, -0.25) is 9.59 Å². The Morgan fingerprint density at radius 1 is 1.24 bits per heavy atom. The number of carbonyl (C=O) groups is 2. The van der Waals surface area contributed by atoms with E-state index in [2.05, 4.69) is 11.4 Å². The maximum Gasteiger partial charge on any atom is 0.307 e. The number of rotatable bonds is 3. The molecule has 0 spiro atoms. The summed E-state index contributed by atoms with van der Waals surface area (Å²) in [5.74, 6) is -2.20. The molecular weight excluding hydrogens is 288 g/mol. The van der Waals surface area contributed by atoms with Crippen molar-refractivity contribution in [2.24, 2.45) is 11.8 Å². The molecule has 6 heteroatoms. The zero-order valence-corrected chi connectivity index (χ0v) is 12.3. The van der Waals surface area contributed by atoms with Gasteiger partial charge in [-0.05, 0) is 37.7 Å². The second-order valence-electron chi connectivity index (χ2n) is 5.66. The van der Waals surface area contributed by atoms with Crippen molar-refractivity contribution in [2.45, 2.75) is 38.5 Å². The lowest BCUT2D eigenvalue weighted by atomic mass is 10.1. The van der Waals surface area contributed by atoms with Crippen molar-refractivity contribution in [2.75, 3.05) is 5.32 Å². The number of carbonyl (C=O) groups excluding carboxylic acids is 1. The lowest BCUT2D eigenvalue weighted by molar-refractivity contribution is -0.139. The fraction of sp³-hybridized carbons (Fsp3) is 0.533. The molecule has 2 atom stereocenters. The van der Waals surface area contributed by atoms with Gasteiger partial charge in [0.05, 0.1) is 17.4 Å². The summed E-state index contributed by atoms with van der Waals surface area (Å²) in [6, 6.07) is 2.21. The van der Waals surface area contributed by atoms with Crippen LogP contribution >= 0.6 is 11.3 Å². The molecule has 21 heavy (non-hydrogen) atoms. The van der Waals surface area contributed by atoms with Crippen molar-refractivity contribution in [1.82, 2.24) is 0 Å². The number of aliphatic carboxylic acids is 1. The molecule has 0 aromatic carbocycles. The average molecular weight is 304 g/mol. The fourth-order valence-corrected chi connectivity index (χ4v) is 4.15. The molecule has 0 bridgehead atoms. The lowest BCUT2D eigenvalue weighted by Crippen LogP contribution is -2.16. The maximum absolute atomic E-state index is 12.1. The summed E-state index contributed by atoms with van der Waals surface area (Å²) < 4.78 is 0. The van der Waals surface area contributed by atoms with Gasteiger partial charge in [-0.2, -0.15) is 5.26 Å². The number of carboxylic acid groups (broad SMARTS) is 1. The van der Waals surface area contributed by atoms with Crippen LogP contribution in [0.1, 0.15) is 41.7 Å². The van der Waals surface area contributed by atoms with Gasteiger partial charge in [0.1, 0.15) is 11.1 Å². The van der Waals surface area contributed by atoms with E-state index >= 15 is 0 Å². The highest BCUT2D eigenvalue weighted by molar-refractivity contribution is 7.16. The van der Waals surface area contributed by atoms with E-state index in [9.17, 15) is 14.9 Å². The van der Waals surface area contributed by atoms with Crippen LogP contribution in [0.5, 0.6) is 0 Å². The number of nitriles is 1. The standard InChI is InChI=1S/C15H16N2O3S/c16-7-11-8-4-2-1-3-5-12(8)21-14(11)17-13(18)9-6-10(9)15(19)20/h9-10H,1-6H2,(H,17,18)(H,19,20). The van der Waals surface area contributed by atoms with Crippen LogP contribution < -0.4 is 5.32 Å². The molecule has 0 aliphatic heterocycles. The zero-order chi connectivity index (χ0) is 15.0. The van der Waals surface area contributed by atoms with Crippen LogP contribution in [0.2, 0.25) is 0 Å². The van der Waals surface area contributed by atoms with Crippen molar-refractivity contribution in [3.63, 3.8) is 0 Å². The number of aryl methyl sites for hydroxylation is 1. The Morgan fingerprint density at radius 3 is 2.67 bits per heavy atom. The van der Waals surface area contributed by atoms with E-state index in [0.717, 1.165) is 31.2 Å². The Balaban J connectivity index is 1.79. The summed E-state index contributed by atoms with van der Waals surface area (Å²) in [7, 11) is 0. The van der Waals surface area contributed by atoms with E-state index in [4.69, 9.17) is 5.11 Å². The number of fused-ring (bicyclic) bond motifs is 1. The monoisotopic (exact) mass is 304 g/mol. The predicted octanol–water partition coefficient (Wildman–Crippen LogP) is 2.55. The highest BCUT2D eigenvalue weighted by Gasteiger charge is 2.48. The highest BCUT2D eigenvalue weighted by atomic mass is 32.1. The smallest absolute Gasteiger partial charge is 0.307 e. The van der Waals surface area contributed by atoms with E-state index in [1.165, 1.54) is 22.6 Å². The minimum atomic E-state index is -0.919. The Morgan fingerprint density at radius 2 is 2.00 bits per heavy atom. The number of amides is 1. The molecule has 2 aliphatic carbocycles. The van der Waals surface area contributed by atoms with Crippen LogP contribution in [0.4, 0.5) is 5.00 Å². The van der Waals surface area contributed by atoms with Crippen molar-refractivity contribution < 1.29 is 14.7 Å². The molecular formula is C15H16N2O3S.